The first-order chi connectivity index (χ1) is 10.5. The maximum absolute atomic E-state index is 11.7. The van der Waals surface area contributed by atoms with E-state index in [0.29, 0.717) is 13.1 Å². The summed E-state index contributed by atoms with van der Waals surface area (Å²) in [6.07, 6.45) is 3.58. The van der Waals surface area contributed by atoms with Gasteiger partial charge in [-0.05, 0) is 12.5 Å². The molecule has 7 heteroatoms. The van der Waals surface area contributed by atoms with Crippen molar-refractivity contribution < 1.29 is 9.59 Å². The van der Waals surface area contributed by atoms with E-state index >= 15 is 0 Å². The molecule has 0 radical (unpaired) electrons. The van der Waals surface area contributed by atoms with Gasteiger partial charge in [-0.1, -0.05) is 30.3 Å². The molecule has 2 aromatic rings. The van der Waals surface area contributed by atoms with Gasteiger partial charge < -0.3 is 16.4 Å². The van der Waals surface area contributed by atoms with Crippen molar-refractivity contribution >= 4 is 11.9 Å². The molecule has 2 rings (SSSR count). The summed E-state index contributed by atoms with van der Waals surface area (Å²) in [5.41, 5.74) is 7.01. The fraction of sp³-hybridized carbons (Fsp3) is 0.267. The Morgan fingerprint density at radius 3 is 2.68 bits per heavy atom. The average Bonchev–Trinajstić information content (AvgIpc) is 2.92. The molecular formula is C15H19N5O2. The molecule has 0 saturated heterocycles. The van der Waals surface area contributed by atoms with Gasteiger partial charge in [0.2, 0.25) is 5.91 Å². The Hall–Kier alpha value is -2.83. The lowest BCUT2D eigenvalue weighted by atomic mass is 10.2. The van der Waals surface area contributed by atoms with E-state index in [4.69, 9.17) is 5.73 Å². The van der Waals surface area contributed by atoms with Crippen LogP contribution in [-0.4, -0.2) is 27.8 Å². The minimum Gasteiger partial charge on any atom is -0.352 e. The lowest BCUT2D eigenvalue weighted by Crippen LogP contribution is -2.46. The van der Waals surface area contributed by atoms with E-state index in [1.54, 1.807) is 13.1 Å². The van der Waals surface area contributed by atoms with Gasteiger partial charge in [0.15, 0.2) is 0 Å². The van der Waals surface area contributed by atoms with Gasteiger partial charge in [-0.25, -0.2) is 4.79 Å². The van der Waals surface area contributed by atoms with Crippen LogP contribution in [0.1, 0.15) is 18.1 Å². The second-order valence-corrected chi connectivity index (χ2v) is 4.98. The van der Waals surface area contributed by atoms with Crippen LogP contribution in [0, 0.1) is 0 Å². The number of primary amides is 1. The van der Waals surface area contributed by atoms with Crippen LogP contribution in [0.3, 0.4) is 0 Å². The molecule has 116 valence electrons. The van der Waals surface area contributed by atoms with E-state index in [0.717, 1.165) is 11.1 Å². The number of rotatable bonds is 6. The lowest BCUT2D eigenvalue weighted by molar-refractivity contribution is -0.122. The van der Waals surface area contributed by atoms with Crippen molar-refractivity contribution in [2.75, 3.05) is 0 Å². The highest BCUT2D eigenvalue weighted by Gasteiger charge is 2.13. The van der Waals surface area contributed by atoms with Gasteiger partial charge in [-0.2, -0.15) is 5.10 Å². The zero-order chi connectivity index (χ0) is 15.9. The van der Waals surface area contributed by atoms with Gasteiger partial charge in [0, 0.05) is 18.3 Å². The number of nitrogens with two attached hydrogens (primary N) is 1. The average molecular weight is 301 g/mol. The number of hydrogen-bond acceptors (Lipinski definition) is 3. The van der Waals surface area contributed by atoms with Gasteiger partial charge in [-0.15, -0.1) is 0 Å². The Kier molecular flexibility index (Phi) is 5.13. The number of aromatic nitrogens is 2. The number of carbonyl (C=O) groups is 2. The highest BCUT2D eigenvalue weighted by atomic mass is 16.2. The molecule has 0 aliphatic heterocycles. The maximum atomic E-state index is 11.7. The van der Waals surface area contributed by atoms with Crippen LogP contribution in [0.15, 0.2) is 42.7 Å². The van der Waals surface area contributed by atoms with E-state index in [-0.39, 0.29) is 5.91 Å². The largest absolute Gasteiger partial charge is 0.352 e. The van der Waals surface area contributed by atoms with Crippen molar-refractivity contribution in [3.8, 4) is 0 Å². The molecular weight excluding hydrogens is 282 g/mol. The molecule has 0 aliphatic rings. The molecule has 1 heterocycles. The van der Waals surface area contributed by atoms with Crippen molar-refractivity contribution in [1.82, 2.24) is 20.4 Å². The summed E-state index contributed by atoms with van der Waals surface area (Å²) in [5.74, 6) is -0.297. The fourth-order valence-corrected chi connectivity index (χ4v) is 1.98. The summed E-state index contributed by atoms with van der Waals surface area (Å²) >= 11 is 0. The normalized spacial score (nSPS) is 11.7. The van der Waals surface area contributed by atoms with Crippen LogP contribution in [0.4, 0.5) is 4.79 Å². The van der Waals surface area contributed by atoms with Crippen LogP contribution in [-0.2, 0) is 17.9 Å². The van der Waals surface area contributed by atoms with Crippen molar-refractivity contribution in [2.45, 2.75) is 26.1 Å². The number of amides is 3. The van der Waals surface area contributed by atoms with Gasteiger partial charge in [-0.3, -0.25) is 9.48 Å². The van der Waals surface area contributed by atoms with E-state index in [9.17, 15) is 9.59 Å². The topological polar surface area (TPSA) is 102 Å². The molecule has 22 heavy (non-hydrogen) atoms. The number of carbonyl (C=O) groups excluding carboxylic acids is 2. The first-order valence-corrected chi connectivity index (χ1v) is 6.93. The van der Waals surface area contributed by atoms with Crippen molar-refractivity contribution in [3.05, 3.63) is 53.9 Å². The van der Waals surface area contributed by atoms with Crippen molar-refractivity contribution in [2.24, 2.45) is 5.73 Å². The molecule has 0 saturated carbocycles. The van der Waals surface area contributed by atoms with Gasteiger partial charge in [0.25, 0.3) is 0 Å². The number of benzene rings is 1. The monoisotopic (exact) mass is 301 g/mol. The van der Waals surface area contributed by atoms with Gasteiger partial charge >= 0.3 is 6.03 Å². The minimum atomic E-state index is -0.724. The van der Waals surface area contributed by atoms with Gasteiger partial charge in [0.05, 0.1) is 12.7 Å². The summed E-state index contributed by atoms with van der Waals surface area (Å²) in [4.78, 5) is 22.4. The van der Waals surface area contributed by atoms with E-state index in [2.05, 4.69) is 15.7 Å². The maximum Gasteiger partial charge on any atom is 0.312 e. The second kappa shape index (κ2) is 7.26. The molecule has 1 aromatic carbocycles. The summed E-state index contributed by atoms with van der Waals surface area (Å²) in [6, 6.07) is 8.59. The van der Waals surface area contributed by atoms with Crippen LogP contribution in [0.5, 0.6) is 0 Å². The second-order valence-electron chi connectivity index (χ2n) is 4.98. The first-order valence-electron chi connectivity index (χ1n) is 6.93. The highest BCUT2D eigenvalue weighted by Crippen LogP contribution is 2.04. The standard InChI is InChI=1S/C15H19N5O2/c1-11(19-15(16)22)14(21)17-7-13-8-18-20(10-13)9-12-5-3-2-4-6-12/h2-6,8,10-11H,7,9H2,1H3,(H,17,21)(H3,16,19,22). The molecule has 1 atom stereocenters. The van der Waals surface area contributed by atoms with Crippen molar-refractivity contribution in [1.29, 1.82) is 0 Å². The van der Waals surface area contributed by atoms with Crippen LogP contribution in [0.25, 0.3) is 0 Å². The third kappa shape index (κ3) is 4.62. The third-order valence-corrected chi connectivity index (χ3v) is 3.09. The summed E-state index contributed by atoms with van der Waals surface area (Å²) in [7, 11) is 0. The summed E-state index contributed by atoms with van der Waals surface area (Å²) in [5, 5.41) is 9.30. The molecule has 0 aliphatic carbocycles. The molecule has 0 spiro atoms. The summed E-state index contributed by atoms with van der Waals surface area (Å²) in [6.45, 7) is 2.59. The smallest absolute Gasteiger partial charge is 0.312 e. The Morgan fingerprint density at radius 2 is 2.00 bits per heavy atom. The molecule has 4 N–H and O–H groups in total. The number of urea groups is 1. The quantitative estimate of drug-likeness (QED) is 0.728. The Balaban J connectivity index is 1.84. The molecule has 3 amide bonds. The number of hydrogen-bond donors (Lipinski definition) is 3. The minimum absolute atomic E-state index is 0.297. The van der Waals surface area contributed by atoms with E-state index < -0.39 is 12.1 Å². The van der Waals surface area contributed by atoms with Crippen LogP contribution in [0.2, 0.25) is 0 Å². The predicted molar refractivity (Wildman–Crippen MR) is 81.8 cm³/mol. The van der Waals surface area contributed by atoms with E-state index in [1.165, 1.54) is 0 Å². The molecule has 1 aromatic heterocycles. The number of nitrogens with zero attached hydrogens (tertiary/aromatic N) is 2. The zero-order valence-corrected chi connectivity index (χ0v) is 12.3. The molecule has 7 nitrogen and oxygen atoms in total. The Morgan fingerprint density at radius 1 is 1.27 bits per heavy atom. The fourth-order valence-electron chi connectivity index (χ4n) is 1.98. The predicted octanol–water partition coefficient (Wildman–Crippen LogP) is 0.604. The zero-order valence-electron chi connectivity index (χ0n) is 12.3. The molecule has 1 unspecified atom stereocenters. The molecule has 0 bridgehead atoms. The third-order valence-electron chi connectivity index (χ3n) is 3.09. The highest BCUT2D eigenvalue weighted by molar-refractivity contribution is 5.86. The van der Waals surface area contributed by atoms with Crippen molar-refractivity contribution in [3.63, 3.8) is 0 Å². The van der Waals surface area contributed by atoms with Gasteiger partial charge in [0.1, 0.15) is 6.04 Å². The van der Waals surface area contributed by atoms with Crippen LogP contribution >= 0.6 is 0 Å². The Labute approximate surface area is 128 Å². The lowest BCUT2D eigenvalue weighted by Gasteiger charge is -2.11. The van der Waals surface area contributed by atoms with E-state index in [1.807, 2.05) is 41.2 Å². The number of nitrogens with one attached hydrogen (secondary N) is 2. The summed E-state index contributed by atoms with van der Waals surface area (Å²) < 4.78 is 1.81. The first kappa shape index (κ1) is 15.6. The molecule has 0 fully saturated rings. The Bertz CT molecular complexity index is 638. The van der Waals surface area contributed by atoms with Crippen LogP contribution < -0.4 is 16.4 Å². The SMILES string of the molecule is CC(NC(N)=O)C(=O)NCc1cnn(Cc2ccccc2)c1.